The highest BCUT2D eigenvalue weighted by Gasteiger charge is 2.37. The van der Waals surface area contributed by atoms with Crippen LogP contribution in [0.4, 0.5) is 17.6 Å². The van der Waals surface area contributed by atoms with Crippen LogP contribution in [0.15, 0.2) is 49.1 Å². The predicted octanol–water partition coefficient (Wildman–Crippen LogP) is 8.05. The molecular weight excluding hydrogens is 460 g/mol. The maximum Gasteiger partial charge on any atom is 0.387 e. The highest BCUT2D eigenvalue weighted by molar-refractivity contribution is 5.91. The van der Waals surface area contributed by atoms with Gasteiger partial charge in [-0.3, -0.25) is 0 Å². The van der Waals surface area contributed by atoms with Crippen LogP contribution in [0.25, 0.3) is 0 Å². The van der Waals surface area contributed by atoms with E-state index in [1.807, 2.05) is 6.08 Å². The van der Waals surface area contributed by atoms with Crippen molar-refractivity contribution in [2.24, 2.45) is 17.8 Å². The molecule has 2 aromatic carbocycles. The van der Waals surface area contributed by atoms with Crippen molar-refractivity contribution in [2.45, 2.75) is 63.9 Å². The molecular formula is C28H30F4O3. The van der Waals surface area contributed by atoms with Gasteiger partial charge in [-0.25, -0.2) is 13.6 Å². The average molecular weight is 491 g/mol. The van der Waals surface area contributed by atoms with Crippen LogP contribution < -0.4 is 9.47 Å². The van der Waals surface area contributed by atoms with E-state index in [0.717, 1.165) is 56.6 Å². The molecule has 4 rings (SSSR count). The molecule has 0 heterocycles. The third-order valence-corrected chi connectivity index (χ3v) is 7.48. The van der Waals surface area contributed by atoms with Crippen molar-refractivity contribution in [1.82, 2.24) is 0 Å². The second kappa shape index (κ2) is 11.3. The summed E-state index contributed by atoms with van der Waals surface area (Å²) in [5.74, 6) is -0.836. The molecule has 0 radical (unpaired) electrons. The average Bonchev–Trinajstić information content (AvgIpc) is 2.83. The number of allylic oxidation sites excluding steroid dienone is 1. The van der Waals surface area contributed by atoms with Crippen LogP contribution in [0.5, 0.6) is 11.5 Å². The number of carbonyl (C=O) groups excluding carboxylic acids is 1. The maximum absolute atomic E-state index is 15.0. The molecule has 2 aliphatic rings. The number of ether oxygens (including phenoxy) is 2. The monoisotopic (exact) mass is 490 g/mol. The summed E-state index contributed by atoms with van der Waals surface area (Å²) in [7, 11) is 0. The summed E-state index contributed by atoms with van der Waals surface area (Å²) in [5, 5.41) is 0. The largest absolute Gasteiger partial charge is 0.435 e. The topological polar surface area (TPSA) is 35.5 Å². The molecule has 0 aromatic heterocycles. The molecule has 3 nitrogen and oxygen atoms in total. The van der Waals surface area contributed by atoms with Crippen molar-refractivity contribution in [3.05, 3.63) is 71.8 Å². The first-order valence-corrected chi connectivity index (χ1v) is 12.2. The summed E-state index contributed by atoms with van der Waals surface area (Å²) in [6.07, 6.45) is 10.1. The predicted molar refractivity (Wildman–Crippen MR) is 125 cm³/mol. The number of carbonyl (C=O) groups is 1. The zero-order chi connectivity index (χ0) is 24.9. The summed E-state index contributed by atoms with van der Waals surface area (Å²) in [6, 6.07) is 6.99. The van der Waals surface area contributed by atoms with Crippen molar-refractivity contribution in [2.75, 3.05) is 0 Å². The third kappa shape index (κ3) is 6.24. The number of hydrogen-bond donors (Lipinski definition) is 0. The summed E-state index contributed by atoms with van der Waals surface area (Å²) in [5.41, 5.74) is -0.185. The smallest absolute Gasteiger partial charge is 0.387 e. The first-order valence-electron chi connectivity index (χ1n) is 12.2. The van der Waals surface area contributed by atoms with Gasteiger partial charge in [0.2, 0.25) is 0 Å². The van der Waals surface area contributed by atoms with Gasteiger partial charge in [-0.15, -0.1) is 6.58 Å². The number of halogens is 4. The van der Waals surface area contributed by atoms with E-state index in [9.17, 15) is 13.6 Å². The molecule has 2 aromatic rings. The lowest BCUT2D eigenvalue weighted by Gasteiger charge is -2.42. The normalized spacial score (nSPS) is 24.0. The number of rotatable bonds is 8. The lowest BCUT2D eigenvalue weighted by molar-refractivity contribution is -0.0498. The second-order valence-corrected chi connectivity index (χ2v) is 9.67. The van der Waals surface area contributed by atoms with Crippen LogP contribution in [0, 0.1) is 29.4 Å². The molecule has 4 atom stereocenters. The second-order valence-electron chi connectivity index (χ2n) is 9.67. The van der Waals surface area contributed by atoms with Crippen molar-refractivity contribution in [3.8, 4) is 11.5 Å². The van der Waals surface area contributed by atoms with Gasteiger partial charge in [0.1, 0.15) is 23.1 Å². The highest BCUT2D eigenvalue weighted by Crippen LogP contribution is 2.49. The Morgan fingerprint density at radius 2 is 1.60 bits per heavy atom. The van der Waals surface area contributed by atoms with Gasteiger partial charge in [-0.1, -0.05) is 12.5 Å². The minimum absolute atomic E-state index is 0.0449. The van der Waals surface area contributed by atoms with E-state index in [1.165, 1.54) is 37.1 Å². The van der Waals surface area contributed by atoms with E-state index in [1.54, 1.807) is 0 Å². The number of alkyl halides is 2. The van der Waals surface area contributed by atoms with Gasteiger partial charge in [-0.2, -0.15) is 8.78 Å². The van der Waals surface area contributed by atoms with E-state index in [0.29, 0.717) is 11.8 Å². The summed E-state index contributed by atoms with van der Waals surface area (Å²) < 4.78 is 64.0. The van der Waals surface area contributed by atoms with Gasteiger partial charge >= 0.3 is 12.6 Å². The van der Waals surface area contributed by atoms with Crippen LogP contribution in [0.2, 0.25) is 0 Å². The number of fused-ring (bicyclic) bond motifs is 1. The number of hydrogen-bond acceptors (Lipinski definition) is 3. The fraction of sp³-hybridized carbons (Fsp3) is 0.464. The van der Waals surface area contributed by atoms with E-state index < -0.39 is 24.2 Å². The molecule has 0 N–H and O–H groups in total. The van der Waals surface area contributed by atoms with Crippen molar-refractivity contribution in [3.63, 3.8) is 0 Å². The molecule has 0 spiro atoms. The van der Waals surface area contributed by atoms with Gasteiger partial charge in [-0.05, 0) is 105 Å². The van der Waals surface area contributed by atoms with E-state index >= 15 is 8.78 Å². The SMILES string of the molecule is C=CCCC1CCC2CC(c3c(F)cc(C(=O)Oc4ccc(OC(F)F)cc4)cc3F)CCC2C1. The maximum atomic E-state index is 15.0. The molecule has 0 amide bonds. The van der Waals surface area contributed by atoms with Gasteiger partial charge in [0, 0.05) is 5.56 Å². The fourth-order valence-electron chi connectivity index (χ4n) is 5.81. The van der Waals surface area contributed by atoms with Gasteiger partial charge in [0.05, 0.1) is 5.56 Å². The number of esters is 1. The highest BCUT2D eigenvalue weighted by atomic mass is 19.3. The Balaban J connectivity index is 1.40. The Hall–Kier alpha value is -2.83. The van der Waals surface area contributed by atoms with Crippen LogP contribution in [0.3, 0.4) is 0 Å². The van der Waals surface area contributed by atoms with E-state index in [2.05, 4.69) is 11.3 Å². The Kier molecular flexibility index (Phi) is 8.14. The molecule has 2 saturated carbocycles. The lowest BCUT2D eigenvalue weighted by Crippen LogP contribution is -2.31. The van der Waals surface area contributed by atoms with E-state index in [4.69, 9.17) is 4.74 Å². The molecule has 0 aliphatic heterocycles. The Bertz CT molecular complexity index is 1010. The summed E-state index contributed by atoms with van der Waals surface area (Å²) >= 11 is 0. The standard InChI is InChI=1S/C28H30F4O3/c1-2-3-4-17-5-6-19-14-20(8-7-18(19)13-17)26-24(29)15-21(16-25(26)30)27(33)34-22-9-11-23(12-10-22)35-28(31)32/h2,9-12,15-20,28H,1,3-8,13-14H2. The van der Waals surface area contributed by atoms with Gasteiger partial charge in [0.25, 0.3) is 0 Å². The van der Waals surface area contributed by atoms with Crippen LogP contribution in [-0.2, 0) is 0 Å². The molecule has 0 bridgehead atoms. The van der Waals surface area contributed by atoms with Crippen molar-refractivity contribution < 1.29 is 31.8 Å². The number of benzene rings is 2. The molecule has 4 unspecified atom stereocenters. The Labute approximate surface area is 203 Å². The molecule has 188 valence electrons. The molecule has 2 fully saturated rings. The van der Waals surface area contributed by atoms with Crippen LogP contribution in [0.1, 0.15) is 73.2 Å². The zero-order valence-electron chi connectivity index (χ0n) is 19.5. The quantitative estimate of drug-likeness (QED) is 0.163. The van der Waals surface area contributed by atoms with E-state index in [-0.39, 0.29) is 28.5 Å². The summed E-state index contributed by atoms with van der Waals surface area (Å²) in [6.45, 7) is 0.837. The molecule has 35 heavy (non-hydrogen) atoms. The van der Waals surface area contributed by atoms with Crippen molar-refractivity contribution >= 4 is 5.97 Å². The van der Waals surface area contributed by atoms with Crippen LogP contribution in [-0.4, -0.2) is 12.6 Å². The Morgan fingerprint density at radius 3 is 2.26 bits per heavy atom. The summed E-state index contributed by atoms with van der Waals surface area (Å²) in [4.78, 5) is 12.4. The lowest BCUT2D eigenvalue weighted by atomic mass is 9.63. The molecule has 2 aliphatic carbocycles. The minimum atomic E-state index is -2.97. The fourth-order valence-corrected chi connectivity index (χ4v) is 5.81. The first-order chi connectivity index (χ1) is 16.8. The van der Waals surface area contributed by atoms with Gasteiger partial charge in [0.15, 0.2) is 0 Å². The third-order valence-electron chi connectivity index (χ3n) is 7.48. The van der Waals surface area contributed by atoms with Crippen LogP contribution >= 0.6 is 0 Å². The Morgan fingerprint density at radius 1 is 0.971 bits per heavy atom. The molecule has 7 heteroatoms. The zero-order valence-corrected chi connectivity index (χ0v) is 19.5. The van der Waals surface area contributed by atoms with Crippen molar-refractivity contribution in [1.29, 1.82) is 0 Å². The van der Waals surface area contributed by atoms with Gasteiger partial charge < -0.3 is 9.47 Å². The minimum Gasteiger partial charge on any atom is -0.435 e. The first kappa shape index (κ1) is 25.3. The molecule has 0 saturated heterocycles.